The molecule has 0 aliphatic rings. The fourth-order valence-electron chi connectivity index (χ4n) is 2.08. The lowest BCUT2D eigenvalue weighted by atomic mass is 10.1. The minimum atomic E-state index is -0.598. The minimum absolute atomic E-state index is 0.0133. The Kier molecular flexibility index (Phi) is 4.67. The van der Waals surface area contributed by atoms with E-state index in [1.54, 1.807) is 37.1 Å². The van der Waals surface area contributed by atoms with E-state index in [1.165, 1.54) is 18.2 Å². The van der Waals surface area contributed by atoms with Crippen LogP contribution in [0.3, 0.4) is 0 Å². The van der Waals surface area contributed by atoms with Gasteiger partial charge in [-0.15, -0.1) is 0 Å². The quantitative estimate of drug-likeness (QED) is 0.920. The highest BCUT2D eigenvalue weighted by Crippen LogP contribution is 2.14. The number of carbonyl (C=O) groups is 1. The van der Waals surface area contributed by atoms with Crippen LogP contribution >= 0.6 is 0 Å². The lowest BCUT2D eigenvalue weighted by Crippen LogP contribution is -2.38. The summed E-state index contributed by atoms with van der Waals surface area (Å²) in [6.07, 6.45) is 4.92. The second-order valence-corrected chi connectivity index (χ2v) is 5.00. The third-order valence-electron chi connectivity index (χ3n) is 3.31. The second-order valence-electron chi connectivity index (χ2n) is 5.00. The number of rotatable bonds is 5. The number of amides is 1. The van der Waals surface area contributed by atoms with Crippen LogP contribution in [0.2, 0.25) is 0 Å². The molecule has 1 heterocycles. The Bertz CT molecular complexity index is 593. The molecule has 1 aromatic heterocycles. The summed E-state index contributed by atoms with van der Waals surface area (Å²) in [4.78, 5) is 15.9. The van der Waals surface area contributed by atoms with Crippen molar-refractivity contribution >= 4 is 5.91 Å². The summed E-state index contributed by atoms with van der Waals surface area (Å²) in [5.74, 6) is -1.42. The zero-order valence-corrected chi connectivity index (χ0v) is 11.9. The molecule has 0 aliphatic carbocycles. The van der Waals surface area contributed by atoms with Gasteiger partial charge in [0, 0.05) is 24.0 Å². The number of hydrogen-bond acceptors (Lipinski definition) is 2. The molecule has 1 aromatic carbocycles. The zero-order valence-electron chi connectivity index (χ0n) is 11.9. The van der Waals surface area contributed by atoms with Crippen LogP contribution in [-0.2, 0) is 11.2 Å². The molecule has 0 aliphatic heterocycles. The Hall–Kier alpha value is -2.24. The minimum Gasteiger partial charge on any atom is -0.352 e. The van der Waals surface area contributed by atoms with E-state index in [9.17, 15) is 13.6 Å². The normalized spacial score (nSPS) is 13.7. The van der Waals surface area contributed by atoms with Gasteiger partial charge in [-0.25, -0.2) is 13.8 Å². The van der Waals surface area contributed by atoms with E-state index in [0.717, 1.165) is 0 Å². The molecule has 1 N–H and O–H groups in total. The van der Waals surface area contributed by atoms with Gasteiger partial charge in [0.2, 0.25) is 5.91 Å². The summed E-state index contributed by atoms with van der Waals surface area (Å²) in [6.45, 7) is 3.44. The van der Waals surface area contributed by atoms with Crippen LogP contribution < -0.4 is 5.32 Å². The van der Waals surface area contributed by atoms with E-state index in [0.29, 0.717) is 0 Å². The maximum Gasteiger partial charge on any atom is 0.243 e. The van der Waals surface area contributed by atoms with Gasteiger partial charge in [0.05, 0.1) is 6.33 Å². The predicted molar refractivity (Wildman–Crippen MR) is 74.6 cm³/mol. The predicted octanol–water partition coefficient (Wildman–Crippen LogP) is 2.47. The van der Waals surface area contributed by atoms with Crippen molar-refractivity contribution in [1.29, 1.82) is 0 Å². The van der Waals surface area contributed by atoms with Crippen LogP contribution in [0.5, 0.6) is 0 Å². The number of aromatic nitrogens is 2. The van der Waals surface area contributed by atoms with Gasteiger partial charge >= 0.3 is 0 Å². The van der Waals surface area contributed by atoms with Crippen molar-refractivity contribution in [3.8, 4) is 0 Å². The first-order valence-corrected chi connectivity index (χ1v) is 6.69. The van der Waals surface area contributed by atoms with Gasteiger partial charge in [-0.3, -0.25) is 4.79 Å². The molecular formula is C15H17F2N3O. The van der Waals surface area contributed by atoms with Gasteiger partial charge in [-0.1, -0.05) is 6.07 Å². The Labute approximate surface area is 121 Å². The van der Waals surface area contributed by atoms with Crippen molar-refractivity contribution in [2.24, 2.45) is 0 Å². The summed E-state index contributed by atoms with van der Waals surface area (Å²) >= 11 is 0. The summed E-state index contributed by atoms with van der Waals surface area (Å²) in [5, 5.41) is 2.75. The largest absolute Gasteiger partial charge is 0.352 e. The molecule has 4 nitrogen and oxygen atoms in total. The molecule has 2 atom stereocenters. The molecule has 0 fully saturated rings. The molecule has 0 radical (unpaired) electrons. The number of benzene rings is 1. The van der Waals surface area contributed by atoms with E-state index in [-0.39, 0.29) is 23.9 Å². The Morgan fingerprint density at radius 3 is 2.57 bits per heavy atom. The van der Waals surface area contributed by atoms with E-state index < -0.39 is 17.7 Å². The highest BCUT2D eigenvalue weighted by atomic mass is 19.1. The Morgan fingerprint density at radius 2 is 2.00 bits per heavy atom. The van der Waals surface area contributed by atoms with Crippen molar-refractivity contribution in [3.05, 3.63) is 54.1 Å². The molecule has 1 amide bonds. The number of nitrogens with one attached hydrogen (secondary N) is 1. The van der Waals surface area contributed by atoms with Crippen molar-refractivity contribution in [2.75, 3.05) is 0 Å². The summed E-state index contributed by atoms with van der Waals surface area (Å²) in [7, 11) is 0. The highest BCUT2D eigenvalue weighted by Gasteiger charge is 2.18. The fourth-order valence-corrected chi connectivity index (χ4v) is 2.08. The van der Waals surface area contributed by atoms with E-state index in [2.05, 4.69) is 10.3 Å². The smallest absolute Gasteiger partial charge is 0.243 e. The molecule has 0 spiro atoms. The first-order valence-electron chi connectivity index (χ1n) is 6.69. The molecule has 2 aromatic rings. The van der Waals surface area contributed by atoms with Crippen molar-refractivity contribution < 1.29 is 13.6 Å². The van der Waals surface area contributed by atoms with E-state index >= 15 is 0 Å². The molecule has 0 unspecified atom stereocenters. The number of hydrogen-bond donors (Lipinski definition) is 1. The van der Waals surface area contributed by atoms with Crippen LogP contribution in [0, 0.1) is 11.6 Å². The Morgan fingerprint density at radius 1 is 1.33 bits per heavy atom. The third-order valence-corrected chi connectivity index (χ3v) is 3.31. The molecule has 0 saturated heterocycles. The van der Waals surface area contributed by atoms with Crippen molar-refractivity contribution in [3.63, 3.8) is 0 Å². The van der Waals surface area contributed by atoms with Gasteiger partial charge < -0.3 is 9.88 Å². The molecule has 6 heteroatoms. The standard InChI is InChI=1S/C15H17F2N3O/c1-10(8-12-13(16)4-3-5-14(12)17)19-15(21)11(2)20-7-6-18-9-20/h3-7,9-11H,8H2,1-2H3,(H,19,21)/t10-,11-/m1/s1. The molecule has 112 valence electrons. The number of nitrogens with zero attached hydrogens (tertiary/aromatic N) is 2. The highest BCUT2D eigenvalue weighted by molar-refractivity contribution is 5.80. The zero-order chi connectivity index (χ0) is 15.4. The average Bonchev–Trinajstić information content (AvgIpc) is 2.96. The number of carbonyl (C=O) groups excluding carboxylic acids is 1. The van der Waals surface area contributed by atoms with Gasteiger partial charge in [0.15, 0.2) is 0 Å². The number of imidazole rings is 1. The lowest BCUT2D eigenvalue weighted by molar-refractivity contribution is -0.124. The fraction of sp³-hybridized carbons (Fsp3) is 0.333. The maximum atomic E-state index is 13.6. The van der Waals surface area contributed by atoms with E-state index in [1.807, 2.05) is 0 Å². The van der Waals surface area contributed by atoms with Crippen LogP contribution in [0.1, 0.15) is 25.5 Å². The molecular weight excluding hydrogens is 276 g/mol. The van der Waals surface area contributed by atoms with Crippen LogP contribution in [0.25, 0.3) is 0 Å². The van der Waals surface area contributed by atoms with E-state index in [4.69, 9.17) is 0 Å². The van der Waals surface area contributed by atoms with Crippen molar-refractivity contribution in [1.82, 2.24) is 14.9 Å². The second kappa shape index (κ2) is 6.47. The molecule has 2 rings (SSSR count). The number of halogens is 2. The van der Waals surface area contributed by atoms with Crippen LogP contribution in [0.15, 0.2) is 36.9 Å². The summed E-state index contributed by atoms with van der Waals surface area (Å²) in [6, 6.07) is 2.93. The van der Waals surface area contributed by atoms with Gasteiger partial charge in [-0.05, 0) is 32.4 Å². The lowest BCUT2D eigenvalue weighted by Gasteiger charge is -2.18. The first kappa shape index (κ1) is 15.2. The summed E-state index contributed by atoms with van der Waals surface area (Å²) < 4.78 is 28.8. The maximum absolute atomic E-state index is 13.6. The Balaban J connectivity index is 1.98. The third kappa shape index (κ3) is 3.65. The topological polar surface area (TPSA) is 46.9 Å². The first-order chi connectivity index (χ1) is 9.99. The van der Waals surface area contributed by atoms with Gasteiger partial charge in [0.25, 0.3) is 0 Å². The van der Waals surface area contributed by atoms with Crippen LogP contribution in [0.4, 0.5) is 8.78 Å². The molecule has 21 heavy (non-hydrogen) atoms. The van der Waals surface area contributed by atoms with Gasteiger partial charge in [-0.2, -0.15) is 0 Å². The monoisotopic (exact) mass is 293 g/mol. The summed E-state index contributed by atoms with van der Waals surface area (Å²) in [5.41, 5.74) is -0.0133. The molecule has 0 bridgehead atoms. The van der Waals surface area contributed by atoms with Crippen LogP contribution in [-0.4, -0.2) is 21.5 Å². The van der Waals surface area contributed by atoms with Gasteiger partial charge in [0.1, 0.15) is 17.7 Å². The SMILES string of the molecule is C[C@H](Cc1c(F)cccc1F)NC(=O)[C@@H](C)n1ccnc1. The molecule has 0 saturated carbocycles. The average molecular weight is 293 g/mol. The van der Waals surface area contributed by atoms with Crippen molar-refractivity contribution in [2.45, 2.75) is 32.4 Å².